The summed E-state index contributed by atoms with van der Waals surface area (Å²) in [7, 11) is 0. The number of benzene rings is 2. The summed E-state index contributed by atoms with van der Waals surface area (Å²) in [5.74, 6) is 2.10. The molecule has 2 aromatic carbocycles. The van der Waals surface area contributed by atoms with Gasteiger partial charge in [0, 0.05) is 31.1 Å². The zero-order chi connectivity index (χ0) is 22.6. The Hall–Kier alpha value is -2.67. The quantitative estimate of drug-likeness (QED) is 0.707. The number of hydrogen-bond acceptors (Lipinski definition) is 4. The molecule has 1 spiro atoms. The van der Waals surface area contributed by atoms with Gasteiger partial charge in [-0.05, 0) is 48.6 Å². The fourth-order valence-electron chi connectivity index (χ4n) is 4.33. The largest absolute Gasteiger partial charge is 0.484 e. The van der Waals surface area contributed by atoms with Crippen LogP contribution in [0.25, 0.3) is 0 Å². The lowest BCUT2D eigenvalue weighted by molar-refractivity contribution is -0.136. The first-order valence-electron chi connectivity index (χ1n) is 11.2. The van der Waals surface area contributed by atoms with Crippen molar-refractivity contribution >= 4 is 29.4 Å². The monoisotopic (exact) mass is 453 g/mol. The van der Waals surface area contributed by atoms with Gasteiger partial charge in [0.1, 0.15) is 5.75 Å². The van der Waals surface area contributed by atoms with Crippen LogP contribution in [-0.2, 0) is 4.79 Å². The van der Waals surface area contributed by atoms with Crippen molar-refractivity contribution in [3.63, 3.8) is 0 Å². The van der Waals surface area contributed by atoms with E-state index in [1.165, 1.54) is 5.56 Å². The zero-order valence-electron chi connectivity index (χ0n) is 18.8. The molecule has 32 heavy (non-hydrogen) atoms. The van der Waals surface area contributed by atoms with Gasteiger partial charge in [-0.15, -0.1) is 11.8 Å². The molecule has 6 nitrogen and oxygen atoms in total. The van der Waals surface area contributed by atoms with E-state index in [0.717, 1.165) is 30.8 Å². The Balaban J connectivity index is 1.31. The van der Waals surface area contributed by atoms with Crippen LogP contribution in [0, 0.1) is 0 Å². The highest BCUT2D eigenvalue weighted by molar-refractivity contribution is 8.00. The number of piperidine rings is 1. The average Bonchev–Trinajstić information content (AvgIpc) is 3.22. The molecule has 0 radical (unpaired) electrons. The average molecular weight is 454 g/mol. The molecule has 3 amide bonds. The summed E-state index contributed by atoms with van der Waals surface area (Å²) in [5, 5.41) is 3.01. The third-order valence-electron chi connectivity index (χ3n) is 6.24. The van der Waals surface area contributed by atoms with Crippen molar-refractivity contribution in [3.8, 4) is 5.75 Å². The van der Waals surface area contributed by atoms with Crippen LogP contribution < -0.4 is 10.1 Å². The number of urea groups is 1. The number of likely N-dealkylation sites (tertiary alicyclic amines) is 1. The molecule has 1 N–H and O–H groups in total. The minimum Gasteiger partial charge on any atom is -0.484 e. The topological polar surface area (TPSA) is 61.9 Å². The summed E-state index contributed by atoms with van der Waals surface area (Å²) >= 11 is 1.84. The first-order chi connectivity index (χ1) is 15.5. The Morgan fingerprint density at radius 3 is 2.38 bits per heavy atom. The van der Waals surface area contributed by atoms with Gasteiger partial charge in [0.15, 0.2) is 6.61 Å². The molecule has 170 valence electrons. The number of rotatable bonds is 5. The SMILES string of the molecule is CC(C)c1ccc(NC(=O)N2CCC3(CC2)SCCN3C(=O)COc2ccccc2)cc1. The molecule has 0 bridgehead atoms. The summed E-state index contributed by atoms with van der Waals surface area (Å²) in [6.45, 7) is 6.34. The maximum absolute atomic E-state index is 12.9. The summed E-state index contributed by atoms with van der Waals surface area (Å²) in [5.41, 5.74) is 2.06. The molecule has 7 heteroatoms. The number of carbonyl (C=O) groups excluding carboxylic acids is 2. The van der Waals surface area contributed by atoms with Gasteiger partial charge < -0.3 is 19.9 Å². The highest BCUT2D eigenvalue weighted by atomic mass is 32.2. The normalized spacial score (nSPS) is 17.6. The van der Waals surface area contributed by atoms with E-state index in [1.54, 1.807) is 0 Å². The Morgan fingerprint density at radius 2 is 1.72 bits per heavy atom. The standard InChI is InChI=1S/C25H31N3O3S/c1-19(2)20-8-10-21(11-9-20)26-24(30)27-14-12-25(13-15-27)28(16-17-32-25)23(29)18-31-22-6-4-3-5-7-22/h3-11,19H,12-18H2,1-2H3,(H,26,30). The maximum Gasteiger partial charge on any atom is 0.321 e. The number of para-hydroxylation sites is 1. The molecule has 2 aromatic rings. The minimum atomic E-state index is -0.229. The fraction of sp³-hybridized carbons (Fsp3) is 0.440. The Morgan fingerprint density at radius 1 is 1.03 bits per heavy atom. The van der Waals surface area contributed by atoms with Crippen molar-refractivity contribution in [2.24, 2.45) is 0 Å². The minimum absolute atomic E-state index is 0.0157. The van der Waals surface area contributed by atoms with Gasteiger partial charge >= 0.3 is 6.03 Å². The number of amides is 3. The number of hydrogen-bond donors (Lipinski definition) is 1. The van der Waals surface area contributed by atoms with Crippen molar-refractivity contribution in [2.45, 2.75) is 37.5 Å². The van der Waals surface area contributed by atoms with Crippen molar-refractivity contribution < 1.29 is 14.3 Å². The molecule has 0 aliphatic carbocycles. The highest BCUT2D eigenvalue weighted by Gasteiger charge is 2.46. The van der Waals surface area contributed by atoms with E-state index in [9.17, 15) is 9.59 Å². The van der Waals surface area contributed by atoms with Crippen LogP contribution in [0.1, 0.15) is 38.2 Å². The molecular weight excluding hydrogens is 422 g/mol. The first-order valence-corrected chi connectivity index (χ1v) is 12.2. The van der Waals surface area contributed by atoms with E-state index in [1.807, 2.05) is 64.0 Å². The molecule has 0 unspecified atom stereocenters. The maximum atomic E-state index is 12.9. The van der Waals surface area contributed by atoms with E-state index in [2.05, 4.69) is 31.3 Å². The van der Waals surface area contributed by atoms with Gasteiger partial charge in [-0.25, -0.2) is 4.79 Å². The number of anilines is 1. The number of nitrogens with zero attached hydrogens (tertiary/aromatic N) is 2. The number of nitrogens with one attached hydrogen (secondary N) is 1. The number of carbonyl (C=O) groups is 2. The second-order valence-corrected chi connectivity index (χ2v) is 10.1. The summed E-state index contributed by atoms with van der Waals surface area (Å²) in [6.07, 6.45) is 1.54. The van der Waals surface area contributed by atoms with Gasteiger partial charge in [0.25, 0.3) is 5.91 Å². The van der Waals surface area contributed by atoms with Crippen molar-refractivity contribution in [1.29, 1.82) is 0 Å². The molecule has 2 saturated heterocycles. The molecule has 0 aromatic heterocycles. The molecular formula is C25H31N3O3S. The Bertz CT molecular complexity index is 925. The van der Waals surface area contributed by atoms with Gasteiger partial charge in [-0.2, -0.15) is 0 Å². The van der Waals surface area contributed by atoms with Crippen LogP contribution in [-0.4, -0.2) is 58.6 Å². The van der Waals surface area contributed by atoms with Crippen molar-refractivity contribution in [1.82, 2.24) is 9.80 Å². The van der Waals surface area contributed by atoms with Gasteiger partial charge in [0.2, 0.25) is 0 Å². The van der Waals surface area contributed by atoms with Gasteiger partial charge in [-0.1, -0.05) is 44.2 Å². The zero-order valence-corrected chi connectivity index (χ0v) is 19.6. The molecule has 0 atom stereocenters. The lowest BCUT2D eigenvalue weighted by Gasteiger charge is -2.43. The summed E-state index contributed by atoms with van der Waals surface area (Å²) in [4.78, 5) is 29.3. The van der Waals surface area contributed by atoms with E-state index >= 15 is 0 Å². The van der Waals surface area contributed by atoms with E-state index < -0.39 is 0 Å². The second-order valence-electron chi connectivity index (χ2n) is 8.64. The Kier molecular flexibility index (Phi) is 6.94. The van der Waals surface area contributed by atoms with E-state index in [0.29, 0.717) is 24.8 Å². The summed E-state index contributed by atoms with van der Waals surface area (Å²) < 4.78 is 5.69. The molecule has 2 aliphatic heterocycles. The second kappa shape index (κ2) is 9.86. The van der Waals surface area contributed by atoms with E-state index in [-0.39, 0.29) is 23.4 Å². The smallest absolute Gasteiger partial charge is 0.321 e. The van der Waals surface area contributed by atoms with Gasteiger partial charge in [0.05, 0.1) is 4.87 Å². The van der Waals surface area contributed by atoms with Crippen molar-refractivity contribution in [3.05, 3.63) is 60.2 Å². The third-order valence-corrected chi connectivity index (χ3v) is 7.80. The van der Waals surface area contributed by atoms with Gasteiger partial charge in [-0.3, -0.25) is 4.79 Å². The predicted octanol–water partition coefficient (Wildman–Crippen LogP) is 4.79. The lowest BCUT2D eigenvalue weighted by Crippen LogP contribution is -2.55. The van der Waals surface area contributed by atoms with Crippen LogP contribution in [0.15, 0.2) is 54.6 Å². The molecule has 2 fully saturated rings. The van der Waals surface area contributed by atoms with E-state index in [4.69, 9.17) is 4.74 Å². The lowest BCUT2D eigenvalue weighted by atomic mass is 10.0. The predicted molar refractivity (Wildman–Crippen MR) is 129 cm³/mol. The molecule has 2 aliphatic rings. The van der Waals surface area contributed by atoms with Crippen LogP contribution in [0.2, 0.25) is 0 Å². The summed E-state index contributed by atoms with van der Waals surface area (Å²) in [6, 6.07) is 17.4. The van der Waals surface area contributed by atoms with Crippen molar-refractivity contribution in [2.75, 3.05) is 37.3 Å². The van der Waals surface area contributed by atoms with Crippen LogP contribution in [0.5, 0.6) is 5.75 Å². The molecule has 4 rings (SSSR count). The third kappa shape index (κ3) is 5.04. The Labute approximate surface area is 194 Å². The number of thioether (sulfide) groups is 1. The number of ether oxygens (including phenoxy) is 1. The fourth-order valence-corrected chi connectivity index (χ4v) is 5.80. The molecule has 0 saturated carbocycles. The first kappa shape index (κ1) is 22.5. The molecule has 2 heterocycles. The van der Waals surface area contributed by atoms with Crippen LogP contribution in [0.3, 0.4) is 0 Å². The van der Waals surface area contributed by atoms with Crippen LogP contribution >= 0.6 is 11.8 Å². The van der Waals surface area contributed by atoms with Crippen LogP contribution in [0.4, 0.5) is 10.5 Å². The highest BCUT2D eigenvalue weighted by Crippen LogP contribution is 2.44.